The van der Waals surface area contributed by atoms with E-state index in [0.29, 0.717) is 5.56 Å². The summed E-state index contributed by atoms with van der Waals surface area (Å²) in [5.41, 5.74) is 3.85. The summed E-state index contributed by atoms with van der Waals surface area (Å²) in [6.45, 7) is 2.11. The van der Waals surface area contributed by atoms with Crippen molar-refractivity contribution in [3.63, 3.8) is 0 Å². The van der Waals surface area contributed by atoms with E-state index in [0.717, 1.165) is 41.7 Å². The fourth-order valence-corrected chi connectivity index (χ4v) is 4.22. The summed E-state index contributed by atoms with van der Waals surface area (Å²) in [6.07, 6.45) is -1.65. The zero-order valence-corrected chi connectivity index (χ0v) is 16.9. The number of rotatable bonds is 5. The van der Waals surface area contributed by atoms with E-state index in [1.165, 1.54) is 12.1 Å². The SMILES string of the molecule is CCCCC1=N[C@H](c2ccccc2)[C@H](c2ccccc2)c2cc(C(F)(F)F)ccc21. The maximum atomic E-state index is 13.6. The molecule has 0 unspecified atom stereocenters. The third kappa shape index (κ3) is 4.04. The Morgan fingerprint density at radius 3 is 2.07 bits per heavy atom. The third-order valence-electron chi connectivity index (χ3n) is 5.70. The summed E-state index contributed by atoms with van der Waals surface area (Å²) < 4.78 is 40.7. The Bertz CT molecular complexity index is 1020. The second kappa shape index (κ2) is 8.47. The number of fused-ring (bicyclic) bond motifs is 1. The van der Waals surface area contributed by atoms with Gasteiger partial charge in [0.15, 0.2) is 0 Å². The van der Waals surface area contributed by atoms with Gasteiger partial charge in [-0.05, 0) is 47.2 Å². The summed E-state index contributed by atoms with van der Waals surface area (Å²) in [5, 5.41) is 0. The van der Waals surface area contributed by atoms with E-state index >= 15 is 0 Å². The van der Waals surface area contributed by atoms with Crippen LogP contribution < -0.4 is 0 Å². The second-order valence-electron chi connectivity index (χ2n) is 7.72. The first kappa shape index (κ1) is 20.4. The van der Waals surface area contributed by atoms with Gasteiger partial charge in [0, 0.05) is 11.6 Å². The van der Waals surface area contributed by atoms with E-state index in [2.05, 4.69) is 6.92 Å². The van der Waals surface area contributed by atoms with Crippen molar-refractivity contribution in [2.24, 2.45) is 4.99 Å². The van der Waals surface area contributed by atoms with Crippen LogP contribution in [0.25, 0.3) is 0 Å². The second-order valence-corrected chi connectivity index (χ2v) is 7.72. The zero-order chi connectivity index (χ0) is 21.1. The molecule has 1 aliphatic rings. The van der Waals surface area contributed by atoms with Crippen molar-refractivity contribution < 1.29 is 13.2 Å². The molecule has 3 aromatic rings. The maximum Gasteiger partial charge on any atom is 0.416 e. The average molecular weight is 407 g/mol. The minimum atomic E-state index is -4.38. The van der Waals surface area contributed by atoms with Gasteiger partial charge >= 0.3 is 6.18 Å². The lowest BCUT2D eigenvalue weighted by atomic mass is 9.76. The number of nitrogens with zero attached hydrogens (tertiary/aromatic N) is 1. The van der Waals surface area contributed by atoms with Gasteiger partial charge in [-0.3, -0.25) is 4.99 Å². The molecule has 0 amide bonds. The predicted molar refractivity (Wildman–Crippen MR) is 115 cm³/mol. The van der Waals surface area contributed by atoms with Crippen molar-refractivity contribution in [3.05, 3.63) is 107 Å². The fourth-order valence-electron chi connectivity index (χ4n) is 4.22. The van der Waals surface area contributed by atoms with E-state index in [1.54, 1.807) is 6.07 Å². The van der Waals surface area contributed by atoms with Gasteiger partial charge in [0.25, 0.3) is 0 Å². The molecule has 0 saturated heterocycles. The summed E-state index contributed by atoms with van der Waals surface area (Å²) in [6, 6.07) is 23.5. The van der Waals surface area contributed by atoms with Gasteiger partial charge in [-0.1, -0.05) is 80.1 Å². The van der Waals surface area contributed by atoms with E-state index in [1.807, 2.05) is 60.7 Å². The number of halogens is 3. The molecule has 2 atom stereocenters. The van der Waals surface area contributed by atoms with E-state index < -0.39 is 11.7 Å². The highest BCUT2D eigenvalue weighted by molar-refractivity contribution is 6.03. The highest BCUT2D eigenvalue weighted by atomic mass is 19.4. The van der Waals surface area contributed by atoms with Crippen molar-refractivity contribution in [3.8, 4) is 0 Å². The maximum absolute atomic E-state index is 13.6. The molecule has 0 spiro atoms. The first-order valence-electron chi connectivity index (χ1n) is 10.4. The van der Waals surface area contributed by atoms with Crippen LogP contribution >= 0.6 is 0 Å². The first-order valence-corrected chi connectivity index (χ1v) is 10.4. The van der Waals surface area contributed by atoms with Gasteiger partial charge < -0.3 is 0 Å². The number of aliphatic imine (C=N–C) groups is 1. The molecule has 1 aliphatic heterocycles. The quantitative estimate of drug-likeness (QED) is 0.413. The minimum absolute atomic E-state index is 0.253. The van der Waals surface area contributed by atoms with Crippen LogP contribution in [0.2, 0.25) is 0 Å². The Morgan fingerprint density at radius 2 is 1.47 bits per heavy atom. The molecular formula is C26H24F3N. The van der Waals surface area contributed by atoms with Gasteiger partial charge in [-0.15, -0.1) is 0 Å². The predicted octanol–water partition coefficient (Wildman–Crippen LogP) is 7.57. The monoisotopic (exact) mass is 407 g/mol. The van der Waals surface area contributed by atoms with Gasteiger partial charge in [-0.25, -0.2) is 0 Å². The zero-order valence-electron chi connectivity index (χ0n) is 16.9. The van der Waals surface area contributed by atoms with Crippen molar-refractivity contribution in [2.75, 3.05) is 0 Å². The van der Waals surface area contributed by atoms with Crippen LogP contribution in [0.5, 0.6) is 0 Å². The standard InChI is InChI=1S/C26H24F3N/c1-2-3-14-23-21-16-15-20(26(27,28)29)17-22(21)24(18-10-6-4-7-11-18)25(30-23)19-12-8-5-9-13-19/h4-13,15-17,24-25H,2-3,14H2,1H3/t24-,25-/m1/s1. The van der Waals surface area contributed by atoms with Gasteiger partial charge in [-0.2, -0.15) is 13.2 Å². The highest BCUT2D eigenvalue weighted by Crippen LogP contribution is 2.46. The largest absolute Gasteiger partial charge is 0.416 e. The van der Waals surface area contributed by atoms with Crippen LogP contribution in [0.4, 0.5) is 13.2 Å². The van der Waals surface area contributed by atoms with Crippen molar-refractivity contribution >= 4 is 5.71 Å². The van der Waals surface area contributed by atoms with Crippen LogP contribution in [0.1, 0.15) is 66.0 Å². The van der Waals surface area contributed by atoms with E-state index in [4.69, 9.17) is 4.99 Å². The Hall–Kier alpha value is -2.88. The molecule has 3 aromatic carbocycles. The summed E-state index contributed by atoms with van der Waals surface area (Å²) in [5.74, 6) is -0.267. The first-order chi connectivity index (χ1) is 14.5. The molecule has 1 nitrogen and oxygen atoms in total. The molecule has 1 heterocycles. The van der Waals surface area contributed by atoms with Crippen LogP contribution in [0, 0.1) is 0 Å². The van der Waals surface area contributed by atoms with Crippen LogP contribution in [0.15, 0.2) is 83.9 Å². The Balaban J connectivity index is 1.94. The van der Waals surface area contributed by atoms with Gasteiger partial charge in [0.1, 0.15) is 0 Å². The van der Waals surface area contributed by atoms with E-state index in [-0.39, 0.29) is 12.0 Å². The number of unbranched alkanes of at least 4 members (excludes halogenated alkanes) is 1. The van der Waals surface area contributed by atoms with Gasteiger partial charge in [0.2, 0.25) is 0 Å². The number of hydrogen-bond donors (Lipinski definition) is 0. The Morgan fingerprint density at radius 1 is 0.833 bits per heavy atom. The normalized spacial score (nSPS) is 18.6. The topological polar surface area (TPSA) is 12.4 Å². The fraction of sp³-hybridized carbons (Fsp3) is 0.269. The molecule has 0 bridgehead atoms. The molecule has 154 valence electrons. The van der Waals surface area contributed by atoms with Crippen LogP contribution in [0.3, 0.4) is 0 Å². The number of alkyl halides is 3. The lowest BCUT2D eigenvalue weighted by molar-refractivity contribution is -0.137. The van der Waals surface area contributed by atoms with Crippen molar-refractivity contribution in [1.82, 2.24) is 0 Å². The Labute approximate surface area is 175 Å². The van der Waals surface area contributed by atoms with Crippen molar-refractivity contribution in [2.45, 2.75) is 44.3 Å². The minimum Gasteiger partial charge on any atom is -0.280 e. The molecule has 0 aromatic heterocycles. The van der Waals surface area contributed by atoms with E-state index in [9.17, 15) is 13.2 Å². The molecule has 0 saturated carbocycles. The molecular weight excluding hydrogens is 383 g/mol. The molecule has 0 N–H and O–H groups in total. The summed E-state index contributed by atoms with van der Waals surface area (Å²) in [4.78, 5) is 5.12. The smallest absolute Gasteiger partial charge is 0.280 e. The molecule has 0 fully saturated rings. The summed E-state index contributed by atoms with van der Waals surface area (Å²) >= 11 is 0. The highest BCUT2D eigenvalue weighted by Gasteiger charge is 2.37. The Kier molecular flexibility index (Phi) is 5.76. The molecule has 4 rings (SSSR count). The number of benzene rings is 3. The molecule has 0 radical (unpaired) electrons. The molecule has 4 heteroatoms. The lowest BCUT2D eigenvalue weighted by Gasteiger charge is -2.33. The molecule has 0 aliphatic carbocycles. The van der Waals surface area contributed by atoms with Gasteiger partial charge in [0.05, 0.1) is 11.6 Å². The third-order valence-corrected chi connectivity index (χ3v) is 5.70. The van der Waals surface area contributed by atoms with Crippen LogP contribution in [-0.2, 0) is 6.18 Å². The lowest BCUT2D eigenvalue weighted by Crippen LogP contribution is -2.23. The molecule has 30 heavy (non-hydrogen) atoms. The summed E-state index contributed by atoms with van der Waals surface area (Å²) in [7, 11) is 0. The van der Waals surface area contributed by atoms with Crippen molar-refractivity contribution in [1.29, 1.82) is 0 Å². The average Bonchev–Trinajstić information content (AvgIpc) is 2.77. The van der Waals surface area contributed by atoms with Crippen LogP contribution in [-0.4, -0.2) is 5.71 Å². The number of hydrogen-bond acceptors (Lipinski definition) is 1.